The van der Waals surface area contributed by atoms with Crippen molar-refractivity contribution in [2.24, 2.45) is 5.10 Å². The Labute approximate surface area is 195 Å². The lowest BCUT2D eigenvalue weighted by Gasteiger charge is -2.10. The second kappa shape index (κ2) is 9.92. The molecule has 8 heteroatoms. The van der Waals surface area contributed by atoms with Gasteiger partial charge in [0.2, 0.25) is 0 Å². The maximum atomic E-state index is 12.3. The molecular weight excluding hydrogens is 461 g/mol. The molecule has 3 rings (SSSR count). The second-order valence-corrected chi connectivity index (χ2v) is 9.37. The molecule has 3 aromatic rings. The van der Waals surface area contributed by atoms with Crippen LogP contribution in [0.4, 0.5) is 0 Å². The van der Waals surface area contributed by atoms with Crippen LogP contribution in [0.15, 0.2) is 58.5 Å². The smallest absolute Gasteiger partial charge is 0.253 e. The summed E-state index contributed by atoms with van der Waals surface area (Å²) in [6.07, 6.45) is 1.65. The van der Waals surface area contributed by atoms with E-state index in [1.54, 1.807) is 24.4 Å². The maximum absolute atomic E-state index is 12.3. The number of carbonyl (C=O) groups excluding carboxylic acids is 1. The Morgan fingerprint density at radius 1 is 1.07 bits per heavy atom. The summed E-state index contributed by atoms with van der Waals surface area (Å²) in [5, 5.41) is 5.52. The number of halogens is 3. The zero-order valence-corrected chi connectivity index (χ0v) is 19.7. The van der Waals surface area contributed by atoms with Crippen molar-refractivity contribution in [1.82, 2.24) is 9.99 Å². The largest absolute Gasteiger partial charge is 0.318 e. The molecular formula is C22H20Cl3N3OS. The molecule has 0 radical (unpaired) electrons. The van der Waals surface area contributed by atoms with Gasteiger partial charge >= 0.3 is 0 Å². The summed E-state index contributed by atoms with van der Waals surface area (Å²) in [5.41, 5.74) is 6.42. The van der Waals surface area contributed by atoms with E-state index in [9.17, 15) is 4.79 Å². The lowest BCUT2D eigenvalue weighted by molar-refractivity contribution is -0.120. The van der Waals surface area contributed by atoms with Crippen molar-refractivity contribution in [3.05, 3.63) is 80.6 Å². The van der Waals surface area contributed by atoms with Crippen molar-refractivity contribution in [1.29, 1.82) is 0 Å². The maximum Gasteiger partial charge on any atom is 0.253 e. The average molecular weight is 481 g/mol. The van der Waals surface area contributed by atoms with Crippen LogP contribution in [-0.4, -0.2) is 21.9 Å². The molecule has 1 heterocycles. The number of rotatable bonds is 6. The highest BCUT2D eigenvalue weighted by Gasteiger charge is 2.14. The van der Waals surface area contributed by atoms with Crippen molar-refractivity contribution in [3.8, 4) is 5.69 Å². The Morgan fingerprint density at radius 2 is 1.77 bits per heavy atom. The van der Waals surface area contributed by atoms with Gasteiger partial charge in [-0.2, -0.15) is 5.10 Å². The summed E-state index contributed by atoms with van der Waals surface area (Å²) < 4.78 is 2.06. The minimum atomic E-state index is -0.299. The SMILES string of the molecule is Cc1cc(/C=N\NC(=O)[C@@H](C)Sc2ccc(Cl)cc2)c(C)n1-c1ccc(Cl)c(Cl)c1. The number of aryl methyl sites for hydroxylation is 1. The van der Waals surface area contributed by atoms with Gasteiger partial charge in [0.05, 0.1) is 21.5 Å². The molecule has 0 aliphatic heterocycles. The van der Waals surface area contributed by atoms with Crippen LogP contribution in [0.2, 0.25) is 15.1 Å². The number of nitrogens with zero attached hydrogens (tertiary/aromatic N) is 2. The van der Waals surface area contributed by atoms with E-state index in [-0.39, 0.29) is 11.2 Å². The molecule has 1 aromatic heterocycles. The first-order valence-corrected chi connectivity index (χ1v) is 11.2. The van der Waals surface area contributed by atoms with E-state index < -0.39 is 0 Å². The Morgan fingerprint density at radius 3 is 2.43 bits per heavy atom. The summed E-state index contributed by atoms with van der Waals surface area (Å²) in [6, 6.07) is 14.9. The number of carbonyl (C=O) groups is 1. The van der Waals surface area contributed by atoms with Crippen LogP contribution >= 0.6 is 46.6 Å². The van der Waals surface area contributed by atoms with Gasteiger partial charge in [-0.1, -0.05) is 34.8 Å². The number of benzene rings is 2. The van der Waals surface area contributed by atoms with Crippen LogP contribution in [0.3, 0.4) is 0 Å². The van der Waals surface area contributed by atoms with Gasteiger partial charge in [0, 0.05) is 32.6 Å². The van der Waals surface area contributed by atoms with E-state index >= 15 is 0 Å². The van der Waals surface area contributed by atoms with Gasteiger partial charge in [-0.3, -0.25) is 4.79 Å². The van der Waals surface area contributed by atoms with Gasteiger partial charge in [-0.25, -0.2) is 5.43 Å². The number of hydrazone groups is 1. The Kier molecular flexibility index (Phi) is 7.53. The standard InChI is InChI=1S/C22H20Cl3N3OS/c1-13-10-16(14(2)28(13)18-6-9-20(24)21(25)11-18)12-26-27-22(29)15(3)30-19-7-4-17(23)5-8-19/h4-12,15H,1-3H3,(H,27,29)/b26-12-/t15-/m1/s1. The summed E-state index contributed by atoms with van der Waals surface area (Å²) in [4.78, 5) is 13.3. The molecule has 2 aromatic carbocycles. The third-order valence-corrected chi connectivity index (χ3v) is 6.61. The zero-order chi connectivity index (χ0) is 21.8. The van der Waals surface area contributed by atoms with Gasteiger partial charge in [0.25, 0.3) is 5.91 Å². The first-order valence-electron chi connectivity index (χ1n) is 9.15. The average Bonchev–Trinajstić information content (AvgIpc) is 2.99. The lowest BCUT2D eigenvalue weighted by atomic mass is 10.2. The third kappa shape index (κ3) is 5.41. The first kappa shape index (κ1) is 22.8. The summed E-state index contributed by atoms with van der Waals surface area (Å²) in [5.74, 6) is -0.176. The molecule has 0 saturated heterocycles. The molecule has 0 aliphatic carbocycles. The Balaban J connectivity index is 1.68. The monoisotopic (exact) mass is 479 g/mol. The van der Waals surface area contributed by atoms with Gasteiger partial charge in [-0.15, -0.1) is 11.8 Å². The van der Waals surface area contributed by atoms with Gasteiger partial charge in [0.15, 0.2) is 0 Å². The Bertz CT molecular complexity index is 1090. The highest BCUT2D eigenvalue weighted by molar-refractivity contribution is 8.00. The number of hydrogen-bond acceptors (Lipinski definition) is 3. The fourth-order valence-electron chi connectivity index (χ4n) is 2.97. The summed E-state index contributed by atoms with van der Waals surface area (Å²) >= 11 is 19.5. The van der Waals surface area contributed by atoms with Gasteiger partial charge < -0.3 is 4.57 Å². The van der Waals surface area contributed by atoms with Crippen molar-refractivity contribution in [2.75, 3.05) is 0 Å². The normalized spacial score (nSPS) is 12.3. The van der Waals surface area contributed by atoms with Crippen molar-refractivity contribution in [2.45, 2.75) is 30.9 Å². The van der Waals surface area contributed by atoms with Crippen LogP contribution in [0.25, 0.3) is 5.69 Å². The van der Waals surface area contributed by atoms with Crippen LogP contribution in [0.5, 0.6) is 0 Å². The van der Waals surface area contributed by atoms with E-state index in [1.165, 1.54) is 11.8 Å². The number of nitrogens with one attached hydrogen (secondary N) is 1. The van der Waals surface area contributed by atoms with Gasteiger partial charge in [0.1, 0.15) is 0 Å². The van der Waals surface area contributed by atoms with E-state index in [4.69, 9.17) is 34.8 Å². The molecule has 30 heavy (non-hydrogen) atoms. The second-order valence-electron chi connectivity index (χ2n) is 6.71. The molecule has 0 spiro atoms. The summed E-state index contributed by atoms with van der Waals surface area (Å²) in [7, 11) is 0. The van der Waals surface area contributed by atoms with E-state index in [0.29, 0.717) is 15.1 Å². The quantitative estimate of drug-likeness (QED) is 0.243. The van der Waals surface area contributed by atoms with Crippen molar-refractivity contribution in [3.63, 3.8) is 0 Å². The third-order valence-electron chi connectivity index (χ3n) is 4.51. The predicted octanol–water partition coefficient (Wildman–Crippen LogP) is 6.69. The minimum Gasteiger partial charge on any atom is -0.318 e. The molecule has 156 valence electrons. The fraction of sp³-hybridized carbons (Fsp3) is 0.182. The Hall–Kier alpha value is -1.92. The van der Waals surface area contributed by atoms with Crippen LogP contribution in [0, 0.1) is 13.8 Å². The van der Waals surface area contributed by atoms with Crippen molar-refractivity contribution < 1.29 is 4.79 Å². The number of hydrogen-bond donors (Lipinski definition) is 1. The van der Waals surface area contributed by atoms with E-state index in [0.717, 1.165) is 27.5 Å². The van der Waals surface area contributed by atoms with Crippen LogP contribution in [0.1, 0.15) is 23.9 Å². The van der Waals surface area contributed by atoms with Crippen LogP contribution < -0.4 is 5.43 Å². The molecule has 0 unspecified atom stereocenters. The van der Waals surface area contributed by atoms with E-state index in [1.807, 2.05) is 51.1 Å². The van der Waals surface area contributed by atoms with E-state index in [2.05, 4.69) is 15.1 Å². The number of amides is 1. The molecule has 0 saturated carbocycles. The predicted molar refractivity (Wildman–Crippen MR) is 128 cm³/mol. The minimum absolute atomic E-state index is 0.176. The molecule has 1 atom stereocenters. The van der Waals surface area contributed by atoms with Crippen LogP contribution in [-0.2, 0) is 4.79 Å². The molecule has 4 nitrogen and oxygen atoms in total. The molecule has 0 aliphatic rings. The highest BCUT2D eigenvalue weighted by atomic mass is 35.5. The topological polar surface area (TPSA) is 46.4 Å². The molecule has 1 N–H and O–H groups in total. The molecule has 0 fully saturated rings. The fourth-order valence-corrected chi connectivity index (χ4v) is 4.25. The molecule has 1 amide bonds. The first-order chi connectivity index (χ1) is 14.3. The highest BCUT2D eigenvalue weighted by Crippen LogP contribution is 2.27. The van der Waals surface area contributed by atoms with Gasteiger partial charge in [-0.05, 0) is 69.3 Å². The number of aromatic nitrogens is 1. The zero-order valence-electron chi connectivity index (χ0n) is 16.6. The van der Waals surface area contributed by atoms with Crippen molar-refractivity contribution >= 4 is 58.7 Å². The lowest BCUT2D eigenvalue weighted by Crippen LogP contribution is -2.26. The number of thioether (sulfide) groups is 1. The summed E-state index contributed by atoms with van der Waals surface area (Å²) in [6.45, 7) is 5.81. The molecule has 0 bridgehead atoms.